The Balaban J connectivity index is 1.51. The van der Waals surface area contributed by atoms with Crippen LogP contribution in [0.4, 0.5) is 0 Å². The summed E-state index contributed by atoms with van der Waals surface area (Å²) in [5, 5.41) is 59.4. The Morgan fingerprint density at radius 3 is 2.21 bits per heavy atom. The van der Waals surface area contributed by atoms with Gasteiger partial charge in [0.15, 0.2) is 12.6 Å². The third-order valence-electron chi connectivity index (χ3n) is 5.06. The fraction of sp³-hybridized carbons (Fsp3) is 0.684. The van der Waals surface area contributed by atoms with Crippen molar-refractivity contribution in [2.45, 2.75) is 61.7 Å². The summed E-state index contributed by atoms with van der Waals surface area (Å²) in [4.78, 5) is 0. The summed E-state index contributed by atoms with van der Waals surface area (Å²) in [6.07, 6.45) is -11.5. The molecule has 0 unspecified atom stereocenters. The van der Waals surface area contributed by atoms with Crippen LogP contribution >= 0.6 is 0 Å². The molecule has 10 nitrogen and oxygen atoms in total. The second-order valence-electron chi connectivity index (χ2n) is 7.20. The maximum absolute atomic E-state index is 10.2. The van der Waals surface area contributed by atoms with Gasteiger partial charge in [0.05, 0.1) is 19.8 Å². The van der Waals surface area contributed by atoms with Gasteiger partial charge in [0, 0.05) is 0 Å². The van der Waals surface area contributed by atoms with Crippen LogP contribution in [-0.4, -0.2) is 106 Å². The maximum atomic E-state index is 10.2. The van der Waals surface area contributed by atoms with Crippen LogP contribution < -0.4 is 0 Å². The van der Waals surface area contributed by atoms with Crippen LogP contribution in [0.2, 0.25) is 0 Å². The zero-order valence-corrected chi connectivity index (χ0v) is 15.7. The largest absolute Gasteiger partial charge is 0.388 e. The molecule has 0 bridgehead atoms. The normalized spacial score (nSPS) is 40.7. The summed E-state index contributed by atoms with van der Waals surface area (Å²) in [6.45, 7) is -0.325. The lowest BCUT2D eigenvalue weighted by Crippen LogP contribution is -2.60. The van der Waals surface area contributed by atoms with Gasteiger partial charge in [-0.3, -0.25) is 0 Å². The van der Waals surface area contributed by atoms with E-state index < -0.39 is 55.3 Å². The minimum absolute atomic E-state index is 0.219. The molecule has 2 fully saturated rings. The third-order valence-corrected chi connectivity index (χ3v) is 5.06. The van der Waals surface area contributed by atoms with E-state index in [0.717, 1.165) is 5.56 Å². The average molecular weight is 416 g/mol. The van der Waals surface area contributed by atoms with Gasteiger partial charge in [-0.05, 0) is 12.0 Å². The van der Waals surface area contributed by atoms with E-state index >= 15 is 0 Å². The van der Waals surface area contributed by atoms with E-state index in [1.165, 1.54) is 0 Å². The fourth-order valence-corrected chi connectivity index (χ4v) is 3.25. The molecule has 0 spiro atoms. The highest BCUT2D eigenvalue weighted by Gasteiger charge is 2.45. The molecule has 29 heavy (non-hydrogen) atoms. The average Bonchev–Trinajstić information content (AvgIpc) is 2.73. The molecule has 0 amide bonds. The highest BCUT2D eigenvalue weighted by molar-refractivity contribution is 5.14. The monoisotopic (exact) mass is 416 g/mol. The second kappa shape index (κ2) is 10.2. The van der Waals surface area contributed by atoms with E-state index in [1.807, 2.05) is 30.3 Å². The minimum atomic E-state index is -1.52. The molecule has 0 radical (unpaired) electrons. The lowest BCUT2D eigenvalue weighted by Gasteiger charge is -2.41. The van der Waals surface area contributed by atoms with Crippen molar-refractivity contribution in [1.82, 2.24) is 0 Å². The van der Waals surface area contributed by atoms with Crippen LogP contribution in [-0.2, 0) is 25.4 Å². The SMILES string of the molecule is O[C@H]1[C@H](O)[C@H](OCCc2ccccc2)O[C@@H](CO[C@H]2OC[C@@H](O)[C@@H](O)[C@H]2O)[C@H]1O. The van der Waals surface area contributed by atoms with Crippen molar-refractivity contribution >= 4 is 0 Å². The molecule has 10 heteroatoms. The molecule has 2 aliphatic rings. The van der Waals surface area contributed by atoms with E-state index in [9.17, 15) is 30.6 Å². The van der Waals surface area contributed by atoms with Crippen molar-refractivity contribution in [2.24, 2.45) is 0 Å². The fourth-order valence-electron chi connectivity index (χ4n) is 3.25. The molecule has 6 N–H and O–H groups in total. The summed E-state index contributed by atoms with van der Waals surface area (Å²) in [5.74, 6) is 0. The van der Waals surface area contributed by atoms with Gasteiger partial charge in [-0.2, -0.15) is 0 Å². The van der Waals surface area contributed by atoms with E-state index in [-0.39, 0.29) is 19.8 Å². The molecule has 1 aromatic carbocycles. The molecule has 2 heterocycles. The van der Waals surface area contributed by atoms with Crippen LogP contribution in [0.3, 0.4) is 0 Å². The van der Waals surface area contributed by atoms with Crippen molar-refractivity contribution in [3.63, 3.8) is 0 Å². The number of benzene rings is 1. The number of rotatable bonds is 7. The van der Waals surface area contributed by atoms with Crippen LogP contribution in [0.5, 0.6) is 0 Å². The van der Waals surface area contributed by atoms with Crippen LogP contribution in [0.15, 0.2) is 30.3 Å². The Hall–Kier alpha value is -1.18. The third kappa shape index (κ3) is 5.50. The zero-order chi connectivity index (χ0) is 21.0. The minimum Gasteiger partial charge on any atom is -0.388 e. The van der Waals surface area contributed by atoms with Crippen LogP contribution in [0.25, 0.3) is 0 Å². The summed E-state index contributed by atoms with van der Waals surface area (Å²) >= 11 is 0. The molecule has 2 aliphatic heterocycles. The van der Waals surface area contributed by atoms with Crippen LogP contribution in [0.1, 0.15) is 5.56 Å². The van der Waals surface area contributed by atoms with Crippen molar-refractivity contribution in [1.29, 1.82) is 0 Å². The number of aliphatic hydroxyl groups excluding tert-OH is 6. The van der Waals surface area contributed by atoms with Crippen molar-refractivity contribution < 1.29 is 49.6 Å². The molecule has 0 saturated carbocycles. The molecule has 164 valence electrons. The smallest absolute Gasteiger partial charge is 0.186 e. The topological polar surface area (TPSA) is 158 Å². The highest BCUT2D eigenvalue weighted by atomic mass is 16.7. The van der Waals surface area contributed by atoms with Gasteiger partial charge in [0.25, 0.3) is 0 Å². The Labute approximate surface area is 167 Å². The van der Waals surface area contributed by atoms with Crippen molar-refractivity contribution in [3.05, 3.63) is 35.9 Å². The van der Waals surface area contributed by atoms with Crippen molar-refractivity contribution in [2.75, 3.05) is 19.8 Å². The first kappa shape index (κ1) is 22.5. The molecule has 9 atom stereocenters. The predicted octanol–water partition coefficient (Wildman–Crippen LogP) is -2.49. The van der Waals surface area contributed by atoms with E-state index in [1.54, 1.807) is 0 Å². The van der Waals surface area contributed by atoms with E-state index in [4.69, 9.17) is 18.9 Å². The van der Waals surface area contributed by atoms with Gasteiger partial charge >= 0.3 is 0 Å². The first-order valence-corrected chi connectivity index (χ1v) is 9.51. The van der Waals surface area contributed by atoms with Gasteiger partial charge in [-0.25, -0.2) is 0 Å². The molecule has 0 aromatic heterocycles. The van der Waals surface area contributed by atoms with Gasteiger partial charge < -0.3 is 49.6 Å². The van der Waals surface area contributed by atoms with Crippen molar-refractivity contribution in [3.8, 4) is 0 Å². The van der Waals surface area contributed by atoms with E-state index in [0.29, 0.717) is 6.42 Å². The lowest BCUT2D eigenvalue weighted by molar-refractivity contribution is -0.320. The number of hydrogen-bond donors (Lipinski definition) is 6. The van der Waals surface area contributed by atoms with Gasteiger partial charge in [-0.1, -0.05) is 30.3 Å². The van der Waals surface area contributed by atoms with Gasteiger partial charge in [0.1, 0.15) is 42.7 Å². The maximum Gasteiger partial charge on any atom is 0.186 e. The Morgan fingerprint density at radius 2 is 1.48 bits per heavy atom. The standard InChI is InChI=1S/C19H28O10/c20-11-8-27-18(16(24)13(11)21)28-9-12-14(22)15(23)17(25)19(29-12)26-7-6-10-4-2-1-3-5-10/h1-5,11-25H,6-9H2/t11-,12+,13-,14-,15-,16-,17+,18-,19-/m1/s1. The quantitative estimate of drug-likeness (QED) is 0.281. The van der Waals surface area contributed by atoms with Gasteiger partial charge in [-0.15, -0.1) is 0 Å². The summed E-state index contributed by atoms with van der Waals surface area (Å²) < 4.78 is 21.6. The highest BCUT2D eigenvalue weighted by Crippen LogP contribution is 2.24. The Bertz CT molecular complexity index is 616. The molecule has 3 rings (SSSR count). The first-order chi connectivity index (χ1) is 13.9. The first-order valence-electron chi connectivity index (χ1n) is 9.51. The molecular formula is C19H28O10. The van der Waals surface area contributed by atoms with Gasteiger partial charge in [0.2, 0.25) is 0 Å². The summed E-state index contributed by atoms with van der Waals surface area (Å²) in [7, 11) is 0. The molecule has 0 aliphatic carbocycles. The molecule has 2 saturated heterocycles. The summed E-state index contributed by atoms with van der Waals surface area (Å²) in [5.41, 5.74) is 1.03. The number of ether oxygens (including phenoxy) is 4. The lowest BCUT2D eigenvalue weighted by atomic mass is 9.99. The van der Waals surface area contributed by atoms with E-state index in [2.05, 4.69) is 0 Å². The molecule has 1 aromatic rings. The Kier molecular flexibility index (Phi) is 7.93. The summed E-state index contributed by atoms with van der Waals surface area (Å²) in [6, 6.07) is 9.54. The predicted molar refractivity (Wildman–Crippen MR) is 96.5 cm³/mol. The van der Waals surface area contributed by atoms with Crippen LogP contribution in [0, 0.1) is 0 Å². The number of hydrogen-bond acceptors (Lipinski definition) is 10. The second-order valence-corrected chi connectivity index (χ2v) is 7.20. The Morgan fingerprint density at radius 1 is 0.793 bits per heavy atom. The zero-order valence-electron chi connectivity index (χ0n) is 15.7. The number of aliphatic hydroxyl groups is 6. The molecular weight excluding hydrogens is 388 g/mol.